The Hall–Kier alpha value is -2.07. The Morgan fingerprint density at radius 1 is 0.900 bits per heavy atom. The number of para-hydroxylation sites is 1. The third-order valence-corrected chi connectivity index (χ3v) is 2.64. The zero-order chi connectivity index (χ0) is 14.0. The van der Waals surface area contributed by atoms with Crippen LogP contribution in [0.4, 0.5) is 10.1 Å². The van der Waals surface area contributed by atoms with E-state index >= 15 is 0 Å². The van der Waals surface area contributed by atoms with Crippen LogP contribution < -0.4 is 10.1 Å². The average Bonchev–Trinajstić information content (AvgIpc) is 2.47. The molecule has 1 N–H and O–H groups in total. The van der Waals surface area contributed by atoms with Crippen LogP contribution in [0.5, 0.6) is 5.75 Å². The predicted octanol–water partition coefficient (Wildman–Crippen LogP) is 3.33. The highest BCUT2D eigenvalue weighted by Crippen LogP contribution is 2.09. The molecule has 0 saturated heterocycles. The summed E-state index contributed by atoms with van der Waals surface area (Å²) in [6.07, 6.45) is 0. The maximum absolute atomic E-state index is 12.9. The number of hydrogen-bond donors (Lipinski definition) is 1. The van der Waals surface area contributed by atoms with Crippen molar-refractivity contribution < 1.29 is 13.9 Å². The first-order chi connectivity index (χ1) is 9.84. The van der Waals surface area contributed by atoms with E-state index in [-0.39, 0.29) is 5.82 Å². The molecule has 0 aromatic heterocycles. The van der Waals surface area contributed by atoms with Crippen LogP contribution in [0, 0.1) is 5.82 Å². The van der Waals surface area contributed by atoms with Crippen molar-refractivity contribution in [2.45, 2.75) is 0 Å². The number of hydrogen-bond acceptors (Lipinski definition) is 3. The minimum absolute atomic E-state index is 0.243. The Kier molecular flexibility index (Phi) is 5.86. The molecule has 3 nitrogen and oxygen atoms in total. The normalized spacial score (nSPS) is 10.2. The van der Waals surface area contributed by atoms with Gasteiger partial charge in [-0.15, -0.1) is 0 Å². The fourth-order valence-electron chi connectivity index (χ4n) is 1.70. The van der Waals surface area contributed by atoms with Gasteiger partial charge in [0.2, 0.25) is 0 Å². The second kappa shape index (κ2) is 8.17. The zero-order valence-corrected chi connectivity index (χ0v) is 11.2. The fraction of sp³-hybridized carbons (Fsp3) is 0.250. The lowest BCUT2D eigenvalue weighted by Gasteiger charge is -2.08. The van der Waals surface area contributed by atoms with Crippen LogP contribution in [-0.4, -0.2) is 26.4 Å². The van der Waals surface area contributed by atoms with Gasteiger partial charge in [-0.2, -0.15) is 0 Å². The Morgan fingerprint density at radius 3 is 2.55 bits per heavy atom. The number of benzene rings is 2. The van der Waals surface area contributed by atoms with E-state index < -0.39 is 0 Å². The molecule has 0 aliphatic heterocycles. The van der Waals surface area contributed by atoms with Crippen molar-refractivity contribution in [1.29, 1.82) is 0 Å². The van der Waals surface area contributed by atoms with E-state index in [2.05, 4.69) is 5.32 Å². The van der Waals surface area contributed by atoms with E-state index in [4.69, 9.17) is 9.47 Å². The van der Waals surface area contributed by atoms with Crippen molar-refractivity contribution in [3.8, 4) is 5.75 Å². The molecule has 0 bridgehead atoms. The van der Waals surface area contributed by atoms with Gasteiger partial charge in [0.15, 0.2) is 0 Å². The summed E-state index contributed by atoms with van der Waals surface area (Å²) in [4.78, 5) is 0. The van der Waals surface area contributed by atoms with Crippen molar-refractivity contribution in [3.63, 3.8) is 0 Å². The molecule has 0 aliphatic rings. The number of halogens is 1. The molecule has 2 rings (SSSR count). The van der Waals surface area contributed by atoms with Gasteiger partial charge in [-0.25, -0.2) is 4.39 Å². The molecule has 2 aromatic carbocycles. The average molecular weight is 275 g/mol. The standard InChI is InChI=1S/C16H18FNO2/c17-14-5-4-6-15(13-14)18-9-10-19-11-12-20-16-7-2-1-3-8-16/h1-8,13,18H,9-12H2. The molecule has 0 radical (unpaired) electrons. The summed E-state index contributed by atoms with van der Waals surface area (Å²) in [5.41, 5.74) is 0.758. The first kappa shape index (κ1) is 14.3. The summed E-state index contributed by atoms with van der Waals surface area (Å²) in [6.45, 7) is 2.23. The molecule has 0 fully saturated rings. The quantitative estimate of drug-likeness (QED) is 0.750. The SMILES string of the molecule is Fc1cccc(NCCOCCOc2ccccc2)c1. The van der Waals surface area contributed by atoms with E-state index in [1.54, 1.807) is 6.07 Å². The second-order valence-electron chi connectivity index (χ2n) is 4.21. The van der Waals surface area contributed by atoms with Gasteiger partial charge in [0.1, 0.15) is 18.2 Å². The van der Waals surface area contributed by atoms with Crippen LogP contribution in [0.3, 0.4) is 0 Å². The van der Waals surface area contributed by atoms with Gasteiger partial charge in [0, 0.05) is 12.2 Å². The summed E-state index contributed by atoms with van der Waals surface area (Å²) in [6, 6.07) is 16.0. The molecular formula is C16H18FNO2. The largest absolute Gasteiger partial charge is 0.491 e. The summed E-state index contributed by atoms with van der Waals surface area (Å²) >= 11 is 0. The maximum Gasteiger partial charge on any atom is 0.125 e. The van der Waals surface area contributed by atoms with Gasteiger partial charge in [0.05, 0.1) is 13.2 Å². The summed E-state index contributed by atoms with van der Waals surface area (Å²) in [5, 5.41) is 3.09. The second-order valence-corrected chi connectivity index (χ2v) is 4.21. The molecule has 0 spiro atoms. The molecule has 0 heterocycles. The highest BCUT2D eigenvalue weighted by atomic mass is 19.1. The minimum Gasteiger partial charge on any atom is -0.491 e. The lowest BCUT2D eigenvalue weighted by atomic mass is 10.3. The molecule has 0 amide bonds. The van der Waals surface area contributed by atoms with Gasteiger partial charge < -0.3 is 14.8 Å². The first-order valence-corrected chi connectivity index (χ1v) is 6.59. The molecule has 0 unspecified atom stereocenters. The van der Waals surface area contributed by atoms with Crippen molar-refractivity contribution in [3.05, 3.63) is 60.4 Å². The number of anilines is 1. The predicted molar refractivity (Wildman–Crippen MR) is 77.6 cm³/mol. The van der Waals surface area contributed by atoms with E-state index in [9.17, 15) is 4.39 Å². The van der Waals surface area contributed by atoms with E-state index in [1.165, 1.54) is 12.1 Å². The van der Waals surface area contributed by atoms with Gasteiger partial charge >= 0.3 is 0 Å². The van der Waals surface area contributed by atoms with Crippen LogP contribution in [0.2, 0.25) is 0 Å². The monoisotopic (exact) mass is 275 g/mol. The highest BCUT2D eigenvalue weighted by molar-refractivity contribution is 5.42. The Labute approximate surface area is 118 Å². The molecule has 4 heteroatoms. The van der Waals surface area contributed by atoms with Crippen molar-refractivity contribution in [1.82, 2.24) is 0 Å². The molecular weight excluding hydrogens is 257 g/mol. The third-order valence-electron chi connectivity index (χ3n) is 2.64. The maximum atomic E-state index is 12.9. The van der Waals surface area contributed by atoms with Crippen LogP contribution in [0.25, 0.3) is 0 Å². The molecule has 106 valence electrons. The zero-order valence-electron chi connectivity index (χ0n) is 11.2. The molecule has 0 atom stereocenters. The topological polar surface area (TPSA) is 30.5 Å². The van der Waals surface area contributed by atoms with Crippen LogP contribution in [0.1, 0.15) is 0 Å². The fourth-order valence-corrected chi connectivity index (χ4v) is 1.70. The smallest absolute Gasteiger partial charge is 0.125 e. The summed E-state index contributed by atoms with van der Waals surface area (Å²) in [5.74, 6) is 0.598. The van der Waals surface area contributed by atoms with Crippen molar-refractivity contribution >= 4 is 5.69 Å². The lowest BCUT2D eigenvalue weighted by Crippen LogP contribution is -2.13. The molecule has 0 aliphatic carbocycles. The van der Waals surface area contributed by atoms with Crippen molar-refractivity contribution in [2.75, 3.05) is 31.7 Å². The van der Waals surface area contributed by atoms with Crippen LogP contribution >= 0.6 is 0 Å². The third kappa shape index (κ3) is 5.28. The van der Waals surface area contributed by atoms with Crippen molar-refractivity contribution in [2.24, 2.45) is 0 Å². The van der Waals surface area contributed by atoms with E-state index in [0.29, 0.717) is 26.4 Å². The Morgan fingerprint density at radius 2 is 1.75 bits per heavy atom. The summed E-state index contributed by atoms with van der Waals surface area (Å²) in [7, 11) is 0. The Bertz CT molecular complexity index is 505. The number of rotatable bonds is 8. The summed E-state index contributed by atoms with van der Waals surface area (Å²) < 4.78 is 23.8. The molecule has 0 saturated carbocycles. The van der Waals surface area contributed by atoms with E-state index in [1.807, 2.05) is 36.4 Å². The minimum atomic E-state index is -0.243. The number of ether oxygens (including phenoxy) is 2. The molecule has 2 aromatic rings. The Balaban J connectivity index is 1.52. The first-order valence-electron chi connectivity index (χ1n) is 6.59. The van der Waals surface area contributed by atoms with Crippen LogP contribution in [-0.2, 0) is 4.74 Å². The van der Waals surface area contributed by atoms with Gasteiger partial charge in [-0.3, -0.25) is 0 Å². The van der Waals surface area contributed by atoms with Gasteiger partial charge in [0.25, 0.3) is 0 Å². The lowest BCUT2D eigenvalue weighted by molar-refractivity contribution is 0.107. The number of nitrogens with one attached hydrogen (secondary N) is 1. The van der Waals surface area contributed by atoms with Crippen LogP contribution in [0.15, 0.2) is 54.6 Å². The molecule has 20 heavy (non-hydrogen) atoms. The van der Waals surface area contributed by atoms with Gasteiger partial charge in [-0.1, -0.05) is 24.3 Å². The van der Waals surface area contributed by atoms with Gasteiger partial charge in [-0.05, 0) is 30.3 Å². The highest BCUT2D eigenvalue weighted by Gasteiger charge is 1.95. The van der Waals surface area contributed by atoms with E-state index in [0.717, 1.165) is 11.4 Å².